The van der Waals surface area contributed by atoms with Crippen molar-refractivity contribution in [2.24, 2.45) is 5.92 Å². The summed E-state index contributed by atoms with van der Waals surface area (Å²) in [6.07, 6.45) is 9.51. The van der Waals surface area contributed by atoms with E-state index in [1.807, 2.05) is 16.7 Å². The molecule has 0 unspecified atom stereocenters. The Balaban J connectivity index is 1.36. The maximum Gasteiger partial charge on any atom is 0.245 e. The molecule has 1 saturated carbocycles. The first-order chi connectivity index (χ1) is 11.6. The van der Waals surface area contributed by atoms with Gasteiger partial charge in [-0.3, -0.25) is 9.59 Å². The number of amides is 2. The number of piperazine rings is 1. The average Bonchev–Trinajstić information content (AvgIpc) is 3.29. The lowest BCUT2D eigenvalue weighted by Gasteiger charge is -2.44. The van der Waals surface area contributed by atoms with Crippen molar-refractivity contribution in [1.29, 1.82) is 0 Å². The Morgan fingerprint density at radius 3 is 2.29 bits per heavy atom. The average molecular weight is 333 g/mol. The minimum atomic E-state index is -0.264. The van der Waals surface area contributed by atoms with Gasteiger partial charge >= 0.3 is 0 Å². The lowest BCUT2D eigenvalue weighted by molar-refractivity contribution is -0.155. The monoisotopic (exact) mass is 333 g/mol. The van der Waals surface area contributed by atoms with E-state index in [-0.39, 0.29) is 29.8 Å². The van der Waals surface area contributed by atoms with Crippen LogP contribution >= 0.6 is 0 Å². The molecule has 3 heterocycles. The van der Waals surface area contributed by atoms with Crippen LogP contribution in [0.2, 0.25) is 0 Å². The minimum Gasteiger partial charge on any atom is -0.336 e. The van der Waals surface area contributed by atoms with Crippen LogP contribution in [0.4, 0.5) is 0 Å². The summed E-state index contributed by atoms with van der Waals surface area (Å²) in [6, 6.07) is 0.777. The fourth-order valence-corrected chi connectivity index (χ4v) is 5.37. The first-order valence-electron chi connectivity index (χ1n) is 10.00. The number of carbonyl (C=O) groups is 2. The van der Waals surface area contributed by atoms with Gasteiger partial charge in [-0.2, -0.15) is 0 Å². The third-order valence-electron chi connectivity index (χ3n) is 6.90. The lowest BCUT2D eigenvalue weighted by atomic mass is 9.92. The van der Waals surface area contributed by atoms with Crippen LogP contribution in [0.25, 0.3) is 0 Å². The molecule has 1 aliphatic carbocycles. The van der Waals surface area contributed by atoms with E-state index >= 15 is 0 Å². The summed E-state index contributed by atoms with van der Waals surface area (Å²) in [5.74, 6) is 0.541. The highest BCUT2D eigenvalue weighted by atomic mass is 16.2. The van der Waals surface area contributed by atoms with Crippen LogP contribution in [0.3, 0.4) is 0 Å². The fraction of sp³-hybridized carbons (Fsp3) is 0.895. The molecule has 0 aromatic carbocycles. The number of carbonyl (C=O) groups excluding carboxylic acids is 2. The van der Waals surface area contributed by atoms with Crippen LogP contribution < -0.4 is 0 Å². The Morgan fingerprint density at radius 2 is 1.58 bits per heavy atom. The van der Waals surface area contributed by atoms with Crippen molar-refractivity contribution in [3.63, 3.8) is 0 Å². The summed E-state index contributed by atoms with van der Waals surface area (Å²) in [6.45, 7) is 5.69. The van der Waals surface area contributed by atoms with E-state index < -0.39 is 0 Å². The molecule has 4 aliphatic rings. The first-order valence-corrected chi connectivity index (χ1v) is 10.00. The van der Waals surface area contributed by atoms with E-state index in [9.17, 15) is 9.59 Å². The first kappa shape index (κ1) is 16.4. The number of rotatable bonds is 2. The molecule has 4 fully saturated rings. The highest BCUT2D eigenvalue weighted by molar-refractivity contribution is 5.90. The SMILES string of the molecule is C[C@@H]1C(=O)N2CCC[C@H]2CN1C(=O)C1CCN(C2CCCC2)CC1. The molecule has 3 aliphatic heterocycles. The van der Waals surface area contributed by atoms with E-state index in [1.165, 1.54) is 25.7 Å². The Labute approximate surface area is 145 Å². The molecule has 0 spiro atoms. The Morgan fingerprint density at radius 1 is 0.917 bits per heavy atom. The third kappa shape index (κ3) is 2.85. The predicted molar refractivity (Wildman–Crippen MR) is 92.5 cm³/mol. The zero-order valence-corrected chi connectivity index (χ0v) is 15.0. The molecule has 2 atom stereocenters. The van der Waals surface area contributed by atoms with Crippen molar-refractivity contribution >= 4 is 11.8 Å². The summed E-state index contributed by atoms with van der Waals surface area (Å²) in [5, 5.41) is 0. The maximum absolute atomic E-state index is 13.1. The summed E-state index contributed by atoms with van der Waals surface area (Å²) in [7, 11) is 0. The van der Waals surface area contributed by atoms with Gasteiger partial charge in [-0.1, -0.05) is 12.8 Å². The molecule has 0 aromatic heterocycles. The van der Waals surface area contributed by atoms with Gasteiger partial charge in [0.2, 0.25) is 11.8 Å². The molecule has 3 saturated heterocycles. The number of fused-ring (bicyclic) bond motifs is 1. The Bertz CT molecular complexity index is 495. The van der Waals surface area contributed by atoms with Gasteiger partial charge in [0.25, 0.3) is 0 Å². The van der Waals surface area contributed by atoms with Gasteiger partial charge in [0.1, 0.15) is 6.04 Å². The summed E-state index contributed by atoms with van der Waals surface area (Å²) in [4.78, 5) is 32.1. The molecule has 24 heavy (non-hydrogen) atoms. The largest absolute Gasteiger partial charge is 0.336 e. The molecule has 5 heteroatoms. The zero-order chi connectivity index (χ0) is 16.7. The van der Waals surface area contributed by atoms with E-state index in [0.717, 1.165) is 57.9 Å². The van der Waals surface area contributed by atoms with E-state index in [1.54, 1.807) is 0 Å². The quantitative estimate of drug-likeness (QED) is 0.775. The van der Waals surface area contributed by atoms with Gasteiger partial charge in [0.05, 0.1) is 0 Å². The molecule has 134 valence electrons. The van der Waals surface area contributed by atoms with Gasteiger partial charge in [0.15, 0.2) is 0 Å². The maximum atomic E-state index is 13.1. The van der Waals surface area contributed by atoms with Gasteiger partial charge in [-0.25, -0.2) is 0 Å². The highest BCUT2D eigenvalue weighted by Gasteiger charge is 2.43. The van der Waals surface area contributed by atoms with E-state index in [0.29, 0.717) is 0 Å². The summed E-state index contributed by atoms with van der Waals surface area (Å²) < 4.78 is 0. The van der Waals surface area contributed by atoms with Gasteiger partial charge in [-0.05, 0) is 58.5 Å². The van der Waals surface area contributed by atoms with Crippen LogP contribution in [0.5, 0.6) is 0 Å². The molecule has 0 radical (unpaired) electrons. The number of nitrogens with zero attached hydrogens (tertiary/aromatic N) is 3. The van der Waals surface area contributed by atoms with E-state index in [4.69, 9.17) is 0 Å². The van der Waals surface area contributed by atoms with Crippen molar-refractivity contribution in [2.45, 2.75) is 76.4 Å². The minimum absolute atomic E-state index is 0.130. The van der Waals surface area contributed by atoms with Crippen LogP contribution in [0.1, 0.15) is 58.3 Å². The van der Waals surface area contributed by atoms with Crippen LogP contribution in [0.15, 0.2) is 0 Å². The van der Waals surface area contributed by atoms with Crippen molar-refractivity contribution < 1.29 is 9.59 Å². The Kier molecular flexibility index (Phi) is 4.54. The fourth-order valence-electron chi connectivity index (χ4n) is 5.37. The molecule has 0 aromatic rings. The second kappa shape index (κ2) is 6.66. The lowest BCUT2D eigenvalue weighted by Crippen LogP contribution is -2.61. The molecule has 2 amide bonds. The van der Waals surface area contributed by atoms with Crippen LogP contribution in [0, 0.1) is 5.92 Å². The zero-order valence-electron chi connectivity index (χ0n) is 15.0. The van der Waals surface area contributed by atoms with Crippen molar-refractivity contribution in [1.82, 2.24) is 14.7 Å². The molecule has 4 rings (SSSR count). The number of hydrogen-bond donors (Lipinski definition) is 0. The topological polar surface area (TPSA) is 43.9 Å². The van der Waals surface area contributed by atoms with Crippen molar-refractivity contribution in [3.05, 3.63) is 0 Å². The molecular weight excluding hydrogens is 302 g/mol. The highest BCUT2D eigenvalue weighted by Crippen LogP contribution is 2.31. The summed E-state index contributed by atoms with van der Waals surface area (Å²) in [5.41, 5.74) is 0. The third-order valence-corrected chi connectivity index (χ3v) is 6.90. The predicted octanol–water partition coefficient (Wildman–Crippen LogP) is 1.86. The molecule has 0 bridgehead atoms. The number of hydrogen-bond acceptors (Lipinski definition) is 3. The van der Waals surface area contributed by atoms with Crippen molar-refractivity contribution in [3.8, 4) is 0 Å². The van der Waals surface area contributed by atoms with E-state index in [2.05, 4.69) is 4.90 Å². The molecule has 5 nitrogen and oxygen atoms in total. The van der Waals surface area contributed by atoms with Gasteiger partial charge in [0, 0.05) is 31.1 Å². The molecule has 0 N–H and O–H groups in total. The van der Waals surface area contributed by atoms with Gasteiger partial charge < -0.3 is 14.7 Å². The van der Waals surface area contributed by atoms with Crippen LogP contribution in [-0.4, -0.2) is 70.8 Å². The smallest absolute Gasteiger partial charge is 0.245 e. The Hall–Kier alpha value is -1.10. The summed E-state index contributed by atoms with van der Waals surface area (Å²) >= 11 is 0. The van der Waals surface area contributed by atoms with Crippen molar-refractivity contribution in [2.75, 3.05) is 26.2 Å². The number of likely N-dealkylation sites (tertiary alicyclic amines) is 1. The second-order valence-electron chi connectivity index (χ2n) is 8.24. The van der Waals surface area contributed by atoms with Gasteiger partial charge in [-0.15, -0.1) is 0 Å². The second-order valence-corrected chi connectivity index (χ2v) is 8.24. The number of piperidine rings is 1. The standard InChI is InChI=1S/C19H31N3O2/c1-14-18(23)21-10-4-7-17(21)13-22(14)19(24)15-8-11-20(12-9-15)16-5-2-3-6-16/h14-17H,2-13H2,1H3/t14-,17+/m1/s1. The molecular formula is C19H31N3O2. The normalized spacial score (nSPS) is 33.3. The van der Waals surface area contributed by atoms with Crippen LogP contribution in [-0.2, 0) is 9.59 Å².